The molecule has 0 saturated carbocycles. The second kappa shape index (κ2) is 3.70. The fraction of sp³-hybridized carbons (Fsp3) is 0.333. The van der Waals surface area contributed by atoms with Crippen LogP contribution in [0, 0.1) is 11.6 Å². The molecule has 1 aromatic rings. The quantitative estimate of drug-likeness (QED) is 0.768. The number of benzene rings is 1. The summed E-state index contributed by atoms with van der Waals surface area (Å²) in [4.78, 5) is 0. The van der Waals surface area contributed by atoms with E-state index in [9.17, 15) is 8.78 Å². The first-order valence-electron chi connectivity index (χ1n) is 3.85. The van der Waals surface area contributed by atoms with Crippen LogP contribution in [0.5, 0.6) is 5.75 Å². The molecule has 0 amide bonds. The Balaban J connectivity index is 3.27. The van der Waals surface area contributed by atoms with E-state index in [1.165, 1.54) is 13.2 Å². The zero-order valence-corrected chi connectivity index (χ0v) is 7.47. The van der Waals surface area contributed by atoms with Crippen LogP contribution in [0.3, 0.4) is 0 Å². The van der Waals surface area contributed by atoms with Gasteiger partial charge in [-0.05, 0) is 13.0 Å². The maximum Gasteiger partial charge on any atom is 0.190 e. The highest BCUT2D eigenvalue weighted by Gasteiger charge is 2.15. The average molecular weight is 187 g/mol. The number of hydrogen-bond donors (Lipinski definition) is 1. The van der Waals surface area contributed by atoms with Crippen LogP contribution in [0.15, 0.2) is 12.1 Å². The van der Waals surface area contributed by atoms with Crippen LogP contribution in [0.4, 0.5) is 8.78 Å². The first-order valence-corrected chi connectivity index (χ1v) is 3.85. The Hall–Kier alpha value is -1.16. The molecule has 1 rings (SSSR count). The number of ether oxygens (including phenoxy) is 1. The molecule has 1 aromatic carbocycles. The van der Waals surface area contributed by atoms with Crippen LogP contribution in [0.2, 0.25) is 0 Å². The molecule has 13 heavy (non-hydrogen) atoms. The van der Waals surface area contributed by atoms with E-state index in [1.807, 2.05) is 0 Å². The van der Waals surface area contributed by atoms with Gasteiger partial charge in [0.15, 0.2) is 17.4 Å². The van der Waals surface area contributed by atoms with Crippen LogP contribution in [0.25, 0.3) is 0 Å². The molecule has 0 aliphatic heterocycles. The van der Waals surface area contributed by atoms with Crippen molar-refractivity contribution in [3.05, 3.63) is 29.3 Å². The zero-order valence-electron chi connectivity index (χ0n) is 7.47. The summed E-state index contributed by atoms with van der Waals surface area (Å²) in [5.74, 6) is -1.82. The predicted octanol–water partition coefficient (Wildman–Crippen LogP) is 1.99. The van der Waals surface area contributed by atoms with Crippen molar-refractivity contribution in [2.24, 2.45) is 5.73 Å². The smallest absolute Gasteiger partial charge is 0.190 e. The molecule has 1 atom stereocenters. The van der Waals surface area contributed by atoms with E-state index in [4.69, 9.17) is 5.73 Å². The second-order valence-electron chi connectivity index (χ2n) is 2.77. The van der Waals surface area contributed by atoms with E-state index in [0.717, 1.165) is 6.07 Å². The summed E-state index contributed by atoms with van der Waals surface area (Å²) < 4.78 is 30.8. The van der Waals surface area contributed by atoms with Crippen LogP contribution in [0.1, 0.15) is 18.5 Å². The van der Waals surface area contributed by atoms with Crippen LogP contribution in [-0.2, 0) is 0 Å². The van der Waals surface area contributed by atoms with Gasteiger partial charge in [0.2, 0.25) is 0 Å². The van der Waals surface area contributed by atoms with Gasteiger partial charge >= 0.3 is 0 Å². The summed E-state index contributed by atoms with van der Waals surface area (Å²) in [6.07, 6.45) is 0. The third-order valence-electron chi connectivity index (χ3n) is 1.77. The summed E-state index contributed by atoms with van der Waals surface area (Å²) in [7, 11) is 1.21. The maximum absolute atomic E-state index is 13.3. The molecule has 1 unspecified atom stereocenters. The lowest BCUT2D eigenvalue weighted by Crippen LogP contribution is -2.09. The Morgan fingerprint density at radius 1 is 1.38 bits per heavy atom. The second-order valence-corrected chi connectivity index (χ2v) is 2.77. The lowest BCUT2D eigenvalue weighted by atomic mass is 10.1. The number of nitrogens with two attached hydrogens (primary N) is 1. The van der Waals surface area contributed by atoms with E-state index < -0.39 is 17.7 Å². The molecule has 0 aromatic heterocycles. The molecule has 0 aliphatic carbocycles. The van der Waals surface area contributed by atoms with Crippen molar-refractivity contribution in [1.29, 1.82) is 0 Å². The molecule has 0 saturated heterocycles. The maximum atomic E-state index is 13.3. The zero-order chi connectivity index (χ0) is 10.0. The van der Waals surface area contributed by atoms with Gasteiger partial charge in [-0.15, -0.1) is 0 Å². The molecule has 0 bridgehead atoms. The van der Waals surface area contributed by atoms with Crippen LogP contribution >= 0.6 is 0 Å². The summed E-state index contributed by atoms with van der Waals surface area (Å²) >= 11 is 0. The van der Waals surface area contributed by atoms with Gasteiger partial charge < -0.3 is 10.5 Å². The van der Waals surface area contributed by atoms with Crippen molar-refractivity contribution >= 4 is 0 Å². The van der Waals surface area contributed by atoms with Crippen molar-refractivity contribution in [1.82, 2.24) is 0 Å². The summed E-state index contributed by atoms with van der Waals surface area (Å²) in [5.41, 5.74) is 5.72. The highest BCUT2D eigenvalue weighted by atomic mass is 19.1. The highest BCUT2D eigenvalue weighted by Crippen LogP contribution is 2.26. The van der Waals surface area contributed by atoms with Crippen molar-refractivity contribution in [2.75, 3.05) is 7.11 Å². The Kier molecular flexibility index (Phi) is 2.83. The standard InChI is InChI=1S/C9H11F2NO/c1-5(12)6-3-4-7(10)9(13-2)8(6)11/h3-5H,12H2,1-2H3. The molecule has 0 aliphatic rings. The average Bonchev–Trinajstić information content (AvgIpc) is 2.04. The molecule has 2 nitrogen and oxygen atoms in total. The minimum Gasteiger partial charge on any atom is -0.491 e. The molecular weight excluding hydrogens is 176 g/mol. The Bertz CT molecular complexity index is 313. The largest absolute Gasteiger partial charge is 0.491 e. The number of rotatable bonds is 2. The van der Waals surface area contributed by atoms with E-state index in [1.54, 1.807) is 6.92 Å². The summed E-state index contributed by atoms with van der Waals surface area (Å²) in [6, 6.07) is 1.98. The van der Waals surface area contributed by atoms with Crippen molar-refractivity contribution < 1.29 is 13.5 Å². The van der Waals surface area contributed by atoms with E-state index in [-0.39, 0.29) is 11.3 Å². The fourth-order valence-electron chi connectivity index (χ4n) is 1.09. The molecule has 4 heteroatoms. The van der Waals surface area contributed by atoms with Crippen molar-refractivity contribution in [3.8, 4) is 5.75 Å². The number of methoxy groups -OCH3 is 1. The number of hydrogen-bond acceptors (Lipinski definition) is 2. The van der Waals surface area contributed by atoms with Crippen molar-refractivity contribution in [3.63, 3.8) is 0 Å². The molecule has 0 radical (unpaired) electrons. The van der Waals surface area contributed by atoms with Crippen LogP contribution < -0.4 is 10.5 Å². The molecule has 0 spiro atoms. The Labute approximate surface area is 75.3 Å². The van der Waals surface area contributed by atoms with E-state index in [2.05, 4.69) is 4.74 Å². The topological polar surface area (TPSA) is 35.2 Å². The Morgan fingerprint density at radius 2 is 2.00 bits per heavy atom. The third kappa shape index (κ3) is 1.78. The van der Waals surface area contributed by atoms with E-state index >= 15 is 0 Å². The van der Waals surface area contributed by atoms with Gasteiger partial charge in [-0.3, -0.25) is 0 Å². The predicted molar refractivity (Wildman–Crippen MR) is 45.5 cm³/mol. The minimum atomic E-state index is -0.725. The van der Waals surface area contributed by atoms with Crippen molar-refractivity contribution in [2.45, 2.75) is 13.0 Å². The van der Waals surface area contributed by atoms with Gasteiger partial charge in [0, 0.05) is 11.6 Å². The molecule has 2 N–H and O–H groups in total. The fourth-order valence-corrected chi connectivity index (χ4v) is 1.09. The molecule has 0 fully saturated rings. The number of halogens is 2. The molecule has 72 valence electrons. The summed E-state index contributed by atoms with van der Waals surface area (Å²) in [5, 5.41) is 0. The molecular formula is C9H11F2NO. The SMILES string of the molecule is COc1c(F)ccc(C(C)N)c1F. The van der Waals surface area contributed by atoms with Gasteiger partial charge in [0.25, 0.3) is 0 Å². The Morgan fingerprint density at radius 3 is 2.46 bits per heavy atom. The lowest BCUT2D eigenvalue weighted by Gasteiger charge is -2.10. The van der Waals surface area contributed by atoms with Gasteiger partial charge in [-0.2, -0.15) is 0 Å². The van der Waals surface area contributed by atoms with E-state index in [0.29, 0.717) is 0 Å². The van der Waals surface area contributed by atoms with Gasteiger partial charge in [-0.1, -0.05) is 6.07 Å². The first kappa shape index (κ1) is 9.92. The monoisotopic (exact) mass is 187 g/mol. The molecule has 0 heterocycles. The normalized spacial score (nSPS) is 12.7. The van der Waals surface area contributed by atoms with Crippen LogP contribution in [-0.4, -0.2) is 7.11 Å². The minimum absolute atomic E-state index is 0.248. The van der Waals surface area contributed by atoms with Gasteiger partial charge in [0.05, 0.1) is 7.11 Å². The highest BCUT2D eigenvalue weighted by molar-refractivity contribution is 5.34. The summed E-state index contributed by atoms with van der Waals surface area (Å²) in [6.45, 7) is 1.62. The van der Waals surface area contributed by atoms with Gasteiger partial charge in [0.1, 0.15) is 0 Å². The lowest BCUT2D eigenvalue weighted by molar-refractivity contribution is 0.356. The third-order valence-corrected chi connectivity index (χ3v) is 1.77. The first-order chi connectivity index (χ1) is 6.07. The van der Waals surface area contributed by atoms with Gasteiger partial charge in [-0.25, -0.2) is 8.78 Å².